The van der Waals surface area contributed by atoms with Crippen LogP contribution in [0.4, 0.5) is 0 Å². The maximum Gasteiger partial charge on any atom is 0.251 e. The van der Waals surface area contributed by atoms with Crippen molar-refractivity contribution in [2.75, 3.05) is 0 Å². The third-order valence-electron chi connectivity index (χ3n) is 3.81. The van der Waals surface area contributed by atoms with Crippen LogP contribution in [-0.2, 0) is 13.1 Å². The van der Waals surface area contributed by atoms with Gasteiger partial charge < -0.3 is 9.84 Å². The molecule has 0 radical (unpaired) electrons. The molecule has 0 aliphatic carbocycles. The van der Waals surface area contributed by atoms with Gasteiger partial charge in [0.15, 0.2) is 0 Å². The molecule has 0 saturated heterocycles. The molecule has 3 heterocycles. The molecule has 0 aliphatic rings. The molecule has 4 aromatic rings. The van der Waals surface area contributed by atoms with Crippen LogP contribution in [0.5, 0.6) is 0 Å². The van der Waals surface area contributed by atoms with E-state index in [9.17, 15) is 4.79 Å². The predicted molar refractivity (Wildman–Crippen MR) is 91.5 cm³/mol. The largest absolute Gasteiger partial charge is 0.343 e. The lowest BCUT2D eigenvalue weighted by Crippen LogP contribution is -2.23. The minimum atomic E-state index is -0.275. The van der Waals surface area contributed by atoms with E-state index in [2.05, 4.69) is 36.1 Å². The number of tetrazole rings is 1. The molecule has 0 fully saturated rings. The van der Waals surface area contributed by atoms with Gasteiger partial charge in [0.2, 0.25) is 11.7 Å². The molecular formula is C16H15N9O2. The van der Waals surface area contributed by atoms with Crippen LogP contribution in [0.1, 0.15) is 23.2 Å². The Kier molecular flexibility index (Phi) is 4.39. The fraction of sp³-hybridized carbons (Fsp3) is 0.188. The zero-order valence-electron chi connectivity index (χ0n) is 14.3. The van der Waals surface area contributed by atoms with Gasteiger partial charge in [0, 0.05) is 18.3 Å². The van der Waals surface area contributed by atoms with Crippen molar-refractivity contribution in [3.63, 3.8) is 0 Å². The molecule has 3 aromatic heterocycles. The molecular weight excluding hydrogens is 350 g/mol. The van der Waals surface area contributed by atoms with E-state index in [1.807, 2.05) is 13.1 Å². The van der Waals surface area contributed by atoms with Crippen LogP contribution in [0.2, 0.25) is 0 Å². The monoisotopic (exact) mass is 365 g/mol. The first-order chi connectivity index (χ1) is 13.2. The van der Waals surface area contributed by atoms with E-state index in [1.54, 1.807) is 35.1 Å². The molecule has 0 spiro atoms. The summed E-state index contributed by atoms with van der Waals surface area (Å²) in [6, 6.07) is 6.93. The standard InChI is InChI=1S/C16H15N9O2/c1-2-24-9-12(7-19-24)15-20-14(27-21-15)8-17-16(26)11-4-3-5-13(6-11)25-10-18-22-23-25/h3-7,9-10H,2,8H2,1H3,(H,17,26). The molecule has 1 aromatic carbocycles. The maximum absolute atomic E-state index is 12.4. The van der Waals surface area contributed by atoms with E-state index < -0.39 is 0 Å². The van der Waals surface area contributed by atoms with Crippen molar-refractivity contribution in [3.8, 4) is 17.1 Å². The highest BCUT2D eigenvalue weighted by molar-refractivity contribution is 5.94. The maximum atomic E-state index is 12.4. The first-order valence-corrected chi connectivity index (χ1v) is 8.20. The Labute approximate surface area is 153 Å². The highest BCUT2D eigenvalue weighted by Crippen LogP contribution is 2.14. The van der Waals surface area contributed by atoms with Crippen molar-refractivity contribution >= 4 is 5.91 Å². The smallest absolute Gasteiger partial charge is 0.251 e. The van der Waals surface area contributed by atoms with Crippen LogP contribution >= 0.6 is 0 Å². The Morgan fingerprint density at radius 2 is 2.26 bits per heavy atom. The molecule has 11 nitrogen and oxygen atoms in total. The second kappa shape index (κ2) is 7.15. The molecule has 27 heavy (non-hydrogen) atoms. The Bertz CT molecular complexity index is 1050. The lowest BCUT2D eigenvalue weighted by atomic mass is 10.2. The summed E-state index contributed by atoms with van der Waals surface area (Å²) in [5.41, 5.74) is 1.90. The van der Waals surface area contributed by atoms with Gasteiger partial charge in [0.05, 0.1) is 24.0 Å². The molecule has 0 bridgehead atoms. The molecule has 0 saturated carbocycles. The average Bonchev–Trinajstić information content (AvgIpc) is 3.47. The van der Waals surface area contributed by atoms with Crippen LogP contribution in [0.15, 0.2) is 47.5 Å². The van der Waals surface area contributed by atoms with Gasteiger partial charge in [0.25, 0.3) is 5.91 Å². The van der Waals surface area contributed by atoms with Crippen molar-refractivity contribution in [2.24, 2.45) is 0 Å². The minimum Gasteiger partial charge on any atom is -0.343 e. The first-order valence-electron chi connectivity index (χ1n) is 8.20. The highest BCUT2D eigenvalue weighted by Gasteiger charge is 2.13. The lowest BCUT2D eigenvalue weighted by molar-refractivity contribution is 0.0946. The molecule has 4 rings (SSSR count). The number of hydrogen-bond donors (Lipinski definition) is 1. The summed E-state index contributed by atoms with van der Waals surface area (Å²) in [5.74, 6) is 0.460. The van der Waals surface area contributed by atoms with Gasteiger partial charge in [-0.1, -0.05) is 11.2 Å². The number of amides is 1. The fourth-order valence-corrected chi connectivity index (χ4v) is 2.42. The number of nitrogens with one attached hydrogen (secondary N) is 1. The van der Waals surface area contributed by atoms with Gasteiger partial charge in [-0.3, -0.25) is 9.48 Å². The van der Waals surface area contributed by atoms with E-state index >= 15 is 0 Å². The van der Waals surface area contributed by atoms with Gasteiger partial charge >= 0.3 is 0 Å². The summed E-state index contributed by atoms with van der Waals surface area (Å²) in [7, 11) is 0. The number of aryl methyl sites for hydroxylation is 1. The van der Waals surface area contributed by atoms with Gasteiger partial charge in [0.1, 0.15) is 6.33 Å². The van der Waals surface area contributed by atoms with Crippen molar-refractivity contribution in [1.82, 2.24) is 45.4 Å². The van der Waals surface area contributed by atoms with Crippen molar-refractivity contribution in [2.45, 2.75) is 20.0 Å². The Morgan fingerprint density at radius 1 is 1.33 bits per heavy atom. The zero-order chi connectivity index (χ0) is 18.6. The summed E-state index contributed by atoms with van der Waals surface area (Å²) >= 11 is 0. The van der Waals surface area contributed by atoms with E-state index in [1.165, 1.54) is 11.0 Å². The molecule has 1 amide bonds. The quantitative estimate of drug-likeness (QED) is 0.532. The van der Waals surface area contributed by atoms with E-state index in [0.29, 0.717) is 23.0 Å². The van der Waals surface area contributed by atoms with Crippen molar-refractivity contribution in [1.29, 1.82) is 0 Å². The first kappa shape index (κ1) is 16.6. The van der Waals surface area contributed by atoms with Crippen LogP contribution in [-0.4, -0.2) is 46.0 Å². The molecule has 1 N–H and O–H groups in total. The second-order valence-electron chi connectivity index (χ2n) is 5.58. The number of benzene rings is 1. The zero-order valence-corrected chi connectivity index (χ0v) is 14.3. The van der Waals surface area contributed by atoms with E-state index in [4.69, 9.17) is 4.52 Å². The number of carbonyl (C=O) groups is 1. The third kappa shape index (κ3) is 3.56. The average molecular weight is 365 g/mol. The molecule has 0 atom stereocenters. The topological polar surface area (TPSA) is 129 Å². The van der Waals surface area contributed by atoms with E-state index in [-0.39, 0.29) is 12.5 Å². The van der Waals surface area contributed by atoms with Crippen molar-refractivity contribution in [3.05, 3.63) is 54.4 Å². The number of nitrogens with zero attached hydrogens (tertiary/aromatic N) is 8. The number of aromatic nitrogens is 8. The Morgan fingerprint density at radius 3 is 3.04 bits per heavy atom. The third-order valence-corrected chi connectivity index (χ3v) is 3.81. The van der Waals surface area contributed by atoms with Crippen molar-refractivity contribution < 1.29 is 9.32 Å². The van der Waals surface area contributed by atoms with E-state index in [0.717, 1.165) is 12.1 Å². The molecule has 136 valence electrons. The predicted octanol–water partition coefficient (Wildman–Crippen LogP) is 0.859. The van der Waals surface area contributed by atoms with Crippen LogP contribution < -0.4 is 5.32 Å². The summed E-state index contributed by atoms with van der Waals surface area (Å²) < 4.78 is 8.43. The van der Waals surface area contributed by atoms with Gasteiger partial charge in [-0.15, -0.1) is 5.10 Å². The van der Waals surface area contributed by atoms with Gasteiger partial charge in [-0.05, 0) is 35.5 Å². The molecule has 0 aliphatic heterocycles. The number of carbonyl (C=O) groups excluding carboxylic acids is 1. The van der Waals surface area contributed by atoms with Crippen LogP contribution in [0.25, 0.3) is 17.1 Å². The second-order valence-corrected chi connectivity index (χ2v) is 5.58. The summed E-state index contributed by atoms with van der Waals surface area (Å²) in [6.07, 6.45) is 4.95. The molecule has 0 unspecified atom stereocenters. The minimum absolute atomic E-state index is 0.114. The Balaban J connectivity index is 1.42. The lowest BCUT2D eigenvalue weighted by Gasteiger charge is -2.04. The fourth-order valence-electron chi connectivity index (χ4n) is 2.42. The van der Waals surface area contributed by atoms with Crippen LogP contribution in [0, 0.1) is 0 Å². The normalized spacial score (nSPS) is 10.9. The molecule has 11 heteroatoms. The SMILES string of the molecule is CCn1cc(-c2noc(CNC(=O)c3cccc(-n4cnnn4)c3)n2)cn1. The van der Waals surface area contributed by atoms with Gasteiger partial charge in [-0.25, -0.2) is 4.68 Å². The summed E-state index contributed by atoms with van der Waals surface area (Å²) in [4.78, 5) is 16.7. The van der Waals surface area contributed by atoms with Crippen LogP contribution in [0.3, 0.4) is 0 Å². The number of hydrogen-bond acceptors (Lipinski definition) is 8. The highest BCUT2D eigenvalue weighted by atomic mass is 16.5. The summed E-state index contributed by atoms with van der Waals surface area (Å²) in [5, 5.41) is 21.8. The summed E-state index contributed by atoms with van der Waals surface area (Å²) in [6.45, 7) is 2.86. The van der Waals surface area contributed by atoms with Gasteiger partial charge in [-0.2, -0.15) is 10.1 Å². The Hall–Kier alpha value is -3.89. The number of rotatable bonds is 6.